The van der Waals surface area contributed by atoms with E-state index in [0.29, 0.717) is 16.5 Å². The lowest BCUT2D eigenvalue weighted by Gasteiger charge is -2.39. The summed E-state index contributed by atoms with van der Waals surface area (Å²) < 4.78 is 17.2. The van der Waals surface area contributed by atoms with E-state index >= 15 is 0 Å². The molecule has 1 aromatic heterocycles. The first kappa shape index (κ1) is 13.3. The molecule has 1 saturated heterocycles. The van der Waals surface area contributed by atoms with Crippen molar-refractivity contribution in [3.63, 3.8) is 0 Å². The van der Waals surface area contributed by atoms with Crippen LogP contribution in [0.1, 0.15) is 39.0 Å². The Labute approximate surface area is 117 Å². The van der Waals surface area contributed by atoms with Crippen LogP contribution in [0.3, 0.4) is 0 Å². The Hall–Kier alpha value is -1.65. The molecule has 20 heavy (non-hydrogen) atoms. The van der Waals surface area contributed by atoms with Gasteiger partial charge in [0.15, 0.2) is 6.29 Å². The van der Waals surface area contributed by atoms with E-state index in [0.717, 1.165) is 6.42 Å². The first-order chi connectivity index (χ1) is 9.46. The van der Waals surface area contributed by atoms with E-state index in [-0.39, 0.29) is 17.1 Å². The van der Waals surface area contributed by atoms with Crippen LogP contribution < -0.4 is 5.43 Å². The van der Waals surface area contributed by atoms with Gasteiger partial charge in [-0.25, -0.2) is 0 Å². The van der Waals surface area contributed by atoms with Gasteiger partial charge in [0, 0.05) is 6.42 Å². The van der Waals surface area contributed by atoms with E-state index in [9.17, 15) is 4.79 Å². The maximum Gasteiger partial charge on any atom is 0.200 e. The van der Waals surface area contributed by atoms with Crippen LogP contribution in [0.15, 0.2) is 39.7 Å². The van der Waals surface area contributed by atoms with Gasteiger partial charge in [0.05, 0.1) is 22.7 Å². The van der Waals surface area contributed by atoms with E-state index in [4.69, 9.17) is 13.9 Å². The first-order valence-corrected chi connectivity index (χ1v) is 6.80. The molecule has 0 bridgehead atoms. The fourth-order valence-corrected chi connectivity index (χ4v) is 2.71. The van der Waals surface area contributed by atoms with Crippen LogP contribution in [0.4, 0.5) is 0 Å². The minimum atomic E-state index is -0.672. The first-order valence-electron chi connectivity index (χ1n) is 6.80. The minimum absolute atomic E-state index is 0.0367. The van der Waals surface area contributed by atoms with Gasteiger partial charge >= 0.3 is 0 Å². The largest absolute Gasteiger partial charge is 0.464 e. The maximum atomic E-state index is 12.5. The molecule has 1 aromatic carbocycles. The van der Waals surface area contributed by atoms with Crippen LogP contribution >= 0.6 is 0 Å². The summed E-state index contributed by atoms with van der Waals surface area (Å²) in [4.78, 5) is 12.5. The number of benzene rings is 1. The minimum Gasteiger partial charge on any atom is -0.464 e. The van der Waals surface area contributed by atoms with E-state index in [1.807, 2.05) is 32.9 Å². The van der Waals surface area contributed by atoms with Gasteiger partial charge < -0.3 is 13.9 Å². The summed E-state index contributed by atoms with van der Waals surface area (Å²) in [6.45, 7) is 5.99. The van der Waals surface area contributed by atoms with Crippen molar-refractivity contribution in [1.82, 2.24) is 0 Å². The van der Waals surface area contributed by atoms with Crippen LogP contribution in [-0.2, 0) is 9.47 Å². The summed E-state index contributed by atoms with van der Waals surface area (Å²) in [5.41, 5.74) is 0.579. The van der Waals surface area contributed by atoms with Gasteiger partial charge in [-0.1, -0.05) is 12.1 Å². The topological polar surface area (TPSA) is 48.7 Å². The molecule has 0 radical (unpaired) electrons. The number of fused-ring (bicyclic) bond motifs is 1. The molecule has 106 valence electrons. The zero-order chi connectivity index (χ0) is 14.3. The Morgan fingerprint density at radius 1 is 1.25 bits per heavy atom. The van der Waals surface area contributed by atoms with Crippen molar-refractivity contribution in [3.05, 3.63) is 46.3 Å². The Balaban J connectivity index is 2.06. The van der Waals surface area contributed by atoms with Crippen molar-refractivity contribution >= 4 is 11.0 Å². The van der Waals surface area contributed by atoms with Crippen molar-refractivity contribution in [2.24, 2.45) is 0 Å². The van der Waals surface area contributed by atoms with E-state index in [1.54, 1.807) is 12.1 Å². The molecule has 0 amide bonds. The fraction of sp³-hybridized carbons (Fsp3) is 0.438. The van der Waals surface area contributed by atoms with Gasteiger partial charge in [0.2, 0.25) is 5.43 Å². The lowest BCUT2D eigenvalue weighted by atomic mass is 9.99. The highest BCUT2D eigenvalue weighted by Gasteiger charge is 2.35. The second kappa shape index (κ2) is 4.72. The highest BCUT2D eigenvalue weighted by atomic mass is 16.7. The van der Waals surface area contributed by atoms with Crippen LogP contribution in [-0.4, -0.2) is 11.7 Å². The summed E-state index contributed by atoms with van der Waals surface area (Å²) in [6, 6.07) is 7.18. The zero-order valence-electron chi connectivity index (χ0n) is 11.9. The Kier molecular flexibility index (Phi) is 3.15. The lowest BCUT2D eigenvalue weighted by molar-refractivity contribution is -0.274. The molecule has 2 heterocycles. The Morgan fingerprint density at radius 3 is 2.75 bits per heavy atom. The third-order valence-electron chi connectivity index (χ3n) is 3.52. The van der Waals surface area contributed by atoms with Crippen LogP contribution in [0.5, 0.6) is 0 Å². The molecule has 0 N–H and O–H groups in total. The monoisotopic (exact) mass is 274 g/mol. The molecule has 2 aromatic rings. The molecule has 1 aliphatic rings. The molecule has 0 aliphatic carbocycles. The number of para-hydroxylation sites is 1. The summed E-state index contributed by atoms with van der Waals surface area (Å²) >= 11 is 0. The maximum absolute atomic E-state index is 12.5. The van der Waals surface area contributed by atoms with Gasteiger partial charge in [0.1, 0.15) is 11.8 Å². The van der Waals surface area contributed by atoms with Gasteiger partial charge in [0.25, 0.3) is 0 Å². The SMILES string of the molecule is CC1CC(C)(C)OC(c2coc3ccccc3c2=O)O1. The van der Waals surface area contributed by atoms with E-state index in [1.165, 1.54) is 6.26 Å². The Morgan fingerprint density at radius 2 is 2.00 bits per heavy atom. The molecule has 1 fully saturated rings. The number of hydrogen-bond acceptors (Lipinski definition) is 4. The smallest absolute Gasteiger partial charge is 0.200 e. The third kappa shape index (κ3) is 2.37. The molecule has 4 nitrogen and oxygen atoms in total. The molecule has 2 atom stereocenters. The van der Waals surface area contributed by atoms with Gasteiger partial charge in [-0.05, 0) is 32.9 Å². The van der Waals surface area contributed by atoms with Crippen molar-refractivity contribution in [2.75, 3.05) is 0 Å². The van der Waals surface area contributed by atoms with Crippen molar-refractivity contribution in [2.45, 2.75) is 45.2 Å². The lowest BCUT2D eigenvalue weighted by Crippen LogP contribution is -2.40. The molecule has 2 unspecified atom stereocenters. The van der Waals surface area contributed by atoms with Crippen molar-refractivity contribution < 1.29 is 13.9 Å². The second-order valence-electron chi connectivity index (χ2n) is 5.88. The number of hydrogen-bond donors (Lipinski definition) is 0. The van der Waals surface area contributed by atoms with Crippen LogP contribution in [0.2, 0.25) is 0 Å². The van der Waals surface area contributed by atoms with Gasteiger partial charge in [-0.2, -0.15) is 0 Å². The zero-order valence-corrected chi connectivity index (χ0v) is 11.9. The predicted molar refractivity (Wildman–Crippen MR) is 75.6 cm³/mol. The van der Waals surface area contributed by atoms with Crippen LogP contribution in [0, 0.1) is 0 Å². The summed E-state index contributed by atoms with van der Waals surface area (Å²) in [7, 11) is 0. The fourth-order valence-electron chi connectivity index (χ4n) is 2.71. The predicted octanol–water partition coefficient (Wildman–Crippen LogP) is 3.40. The quantitative estimate of drug-likeness (QED) is 0.799. The van der Waals surface area contributed by atoms with Crippen molar-refractivity contribution in [3.8, 4) is 0 Å². The summed E-state index contributed by atoms with van der Waals surface area (Å²) in [5, 5.41) is 0.549. The summed E-state index contributed by atoms with van der Waals surface area (Å²) in [5.74, 6) is 0. The summed E-state index contributed by atoms with van der Waals surface area (Å²) in [6.07, 6.45) is 1.61. The highest BCUT2D eigenvalue weighted by Crippen LogP contribution is 2.34. The average Bonchev–Trinajstić information content (AvgIpc) is 2.37. The second-order valence-corrected chi connectivity index (χ2v) is 5.88. The van der Waals surface area contributed by atoms with Crippen molar-refractivity contribution in [1.29, 1.82) is 0 Å². The molecule has 4 heteroatoms. The molecular formula is C16H18O4. The number of rotatable bonds is 1. The molecule has 0 spiro atoms. The van der Waals surface area contributed by atoms with E-state index < -0.39 is 6.29 Å². The van der Waals surface area contributed by atoms with Gasteiger partial charge in [-0.15, -0.1) is 0 Å². The molecule has 1 aliphatic heterocycles. The van der Waals surface area contributed by atoms with Crippen LogP contribution in [0.25, 0.3) is 11.0 Å². The average molecular weight is 274 g/mol. The van der Waals surface area contributed by atoms with Gasteiger partial charge in [-0.3, -0.25) is 4.79 Å². The number of ether oxygens (including phenoxy) is 2. The Bertz CT molecular complexity index is 686. The molecular weight excluding hydrogens is 256 g/mol. The van der Waals surface area contributed by atoms with E-state index in [2.05, 4.69) is 0 Å². The molecule has 0 saturated carbocycles. The molecule has 3 rings (SSSR count). The normalized spacial score (nSPS) is 25.8. The highest BCUT2D eigenvalue weighted by molar-refractivity contribution is 5.76. The standard InChI is InChI=1S/C16H18O4/c1-10-8-16(2,3)20-15(19-10)12-9-18-13-7-5-4-6-11(13)14(12)17/h4-7,9-10,15H,8H2,1-3H3. The third-order valence-corrected chi connectivity index (χ3v) is 3.52.